The summed E-state index contributed by atoms with van der Waals surface area (Å²) in [5.41, 5.74) is 1.41. The summed E-state index contributed by atoms with van der Waals surface area (Å²) in [6.07, 6.45) is -0.538. The third-order valence-electron chi connectivity index (χ3n) is 3.20. The maximum Gasteiger partial charge on any atom is 0.134 e. The van der Waals surface area contributed by atoms with Crippen molar-refractivity contribution >= 4 is 22.6 Å². The lowest BCUT2D eigenvalue weighted by Crippen LogP contribution is -2.01. The van der Waals surface area contributed by atoms with Gasteiger partial charge in [-0.2, -0.15) is 0 Å². The zero-order chi connectivity index (χ0) is 14.1. The number of benzene rings is 2. The fourth-order valence-corrected chi connectivity index (χ4v) is 2.41. The second kappa shape index (κ2) is 5.27. The van der Waals surface area contributed by atoms with E-state index >= 15 is 0 Å². The van der Waals surface area contributed by atoms with Gasteiger partial charge in [0.05, 0.1) is 0 Å². The van der Waals surface area contributed by atoms with Gasteiger partial charge in [0.1, 0.15) is 23.3 Å². The van der Waals surface area contributed by atoms with Crippen LogP contribution in [0, 0.1) is 5.82 Å². The van der Waals surface area contributed by atoms with Crippen molar-refractivity contribution in [3.63, 3.8) is 0 Å². The lowest BCUT2D eigenvalue weighted by atomic mass is 10.1. The van der Waals surface area contributed by atoms with Crippen LogP contribution < -0.4 is 0 Å². The molecule has 0 fully saturated rings. The van der Waals surface area contributed by atoms with Gasteiger partial charge in [-0.3, -0.25) is 0 Å². The third-order valence-corrected chi connectivity index (χ3v) is 3.55. The Labute approximate surface area is 120 Å². The van der Waals surface area contributed by atoms with Crippen LogP contribution in [0.1, 0.15) is 17.4 Å². The fraction of sp³-hybridized carbons (Fsp3) is 0.125. The van der Waals surface area contributed by atoms with Crippen molar-refractivity contribution in [3.05, 3.63) is 70.7 Å². The number of aliphatic hydroxyl groups is 1. The van der Waals surface area contributed by atoms with Gasteiger partial charge < -0.3 is 9.52 Å². The van der Waals surface area contributed by atoms with Crippen LogP contribution in [0.5, 0.6) is 0 Å². The van der Waals surface area contributed by atoms with Crippen molar-refractivity contribution in [2.45, 2.75) is 12.5 Å². The predicted octanol–water partition coefficient (Wildman–Crippen LogP) is 4.50. The summed E-state index contributed by atoms with van der Waals surface area (Å²) in [7, 11) is 0. The van der Waals surface area contributed by atoms with Crippen LogP contribution in [0.2, 0.25) is 5.02 Å². The second-order valence-corrected chi connectivity index (χ2v) is 5.05. The van der Waals surface area contributed by atoms with Gasteiger partial charge in [-0.15, -0.1) is 0 Å². The highest BCUT2D eigenvalue weighted by Gasteiger charge is 2.15. The Balaban J connectivity index is 1.86. The van der Waals surface area contributed by atoms with E-state index in [4.69, 9.17) is 16.0 Å². The highest BCUT2D eigenvalue weighted by molar-refractivity contribution is 6.31. The number of fused-ring (bicyclic) bond motifs is 1. The molecule has 0 saturated heterocycles. The molecule has 20 heavy (non-hydrogen) atoms. The summed E-state index contributed by atoms with van der Waals surface area (Å²) in [5, 5.41) is 11.5. The molecule has 2 aromatic carbocycles. The molecule has 0 bridgehead atoms. The van der Waals surface area contributed by atoms with E-state index in [1.165, 1.54) is 12.1 Å². The Morgan fingerprint density at radius 2 is 1.95 bits per heavy atom. The SMILES string of the molecule is OC(Cc1ccc(F)cc1Cl)c1cc2ccccc2o1. The molecule has 1 unspecified atom stereocenters. The largest absolute Gasteiger partial charge is 0.458 e. The molecule has 4 heteroatoms. The predicted molar refractivity (Wildman–Crippen MR) is 76.3 cm³/mol. The first-order valence-electron chi connectivity index (χ1n) is 6.24. The van der Waals surface area contributed by atoms with E-state index in [-0.39, 0.29) is 6.42 Å². The van der Waals surface area contributed by atoms with E-state index in [1.807, 2.05) is 24.3 Å². The zero-order valence-electron chi connectivity index (χ0n) is 10.5. The first-order valence-corrected chi connectivity index (χ1v) is 6.62. The van der Waals surface area contributed by atoms with Crippen molar-refractivity contribution in [2.24, 2.45) is 0 Å². The number of furan rings is 1. The number of aliphatic hydroxyl groups excluding tert-OH is 1. The number of para-hydroxylation sites is 1. The van der Waals surface area contributed by atoms with Gasteiger partial charge in [0, 0.05) is 16.8 Å². The molecule has 1 N–H and O–H groups in total. The molecule has 3 rings (SSSR count). The molecular weight excluding hydrogens is 279 g/mol. The second-order valence-electron chi connectivity index (χ2n) is 4.64. The average molecular weight is 291 g/mol. The summed E-state index contributed by atoms with van der Waals surface area (Å²) in [6.45, 7) is 0. The Morgan fingerprint density at radius 1 is 1.15 bits per heavy atom. The minimum Gasteiger partial charge on any atom is -0.458 e. The number of halogens is 2. The average Bonchev–Trinajstić information content (AvgIpc) is 2.86. The Bertz CT molecular complexity index is 718. The molecule has 1 heterocycles. The molecule has 0 spiro atoms. The lowest BCUT2D eigenvalue weighted by Gasteiger charge is -2.09. The van der Waals surface area contributed by atoms with Crippen LogP contribution in [0.25, 0.3) is 11.0 Å². The molecule has 1 atom stereocenters. The minimum absolute atomic E-state index is 0.277. The standard InChI is InChI=1S/C16H12ClFO2/c17-13-9-12(18)6-5-10(13)7-14(19)16-8-11-3-1-2-4-15(11)20-16/h1-6,8-9,14,19H,7H2. The van der Waals surface area contributed by atoms with Gasteiger partial charge in [-0.05, 0) is 29.8 Å². The van der Waals surface area contributed by atoms with Crippen LogP contribution in [0.15, 0.2) is 52.9 Å². The van der Waals surface area contributed by atoms with E-state index < -0.39 is 11.9 Å². The summed E-state index contributed by atoms with van der Waals surface area (Å²) < 4.78 is 18.6. The molecule has 102 valence electrons. The quantitative estimate of drug-likeness (QED) is 0.770. The highest BCUT2D eigenvalue weighted by atomic mass is 35.5. The number of hydrogen-bond acceptors (Lipinski definition) is 2. The van der Waals surface area contributed by atoms with Crippen molar-refractivity contribution in [2.75, 3.05) is 0 Å². The molecule has 0 aliphatic rings. The van der Waals surface area contributed by atoms with Crippen molar-refractivity contribution in [3.8, 4) is 0 Å². The Hall–Kier alpha value is -1.84. The summed E-state index contributed by atoms with van der Waals surface area (Å²) >= 11 is 5.96. The lowest BCUT2D eigenvalue weighted by molar-refractivity contribution is 0.152. The molecule has 3 aromatic rings. The van der Waals surface area contributed by atoms with E-state index in [0.29, 0.717) is 16.3 Å². The Morgan fingerprint density at radius 3 is 2.70 bits per heavy atom. The molecule has 0 radical (unpaired) electrons. The van der Waals surface area contributed by atoms with Gasteiger partial charge >= 0.3 is 0 Å². The monoisotopic (exact) mass is 290 g/mol. The summed E-state index contributed by atoms with van der Waals surface area (Å²) in [4.78, 5) is 0. The molecular formula is C16H12ClFO2. The fourth-order valence-electron chi connectivity index (χ4n) is 2.16. The smallest absolute Gasteiger partial charge is 0.134 e. The van der Waals surface area contributed by atoms with Gasteiger partial charge in [0.2, 0.25) is 0 Å². The summed E-state index contributed by atoms with van der Waals surface area (Å²) in [5.74, 6) is 0.0866. The molecule has 0 aliphatic carbocycles. The molecule has 0 saturated carbocycles. The number of hydrogen-bond donors (Lipinski definition) is 1. The Kier molecular flexibility index (Phi) is 3.47. The van der Waals surface area contributed by atoms with Gasteiger partial charge in [-0.25, -0.2) is 4.39 Å². The highest BCUT2D eigenvalue weighted by Crippen LogP contribution is 2.28. The van der Waals surface area contributed by atoms with E-state index in [9.17, 15) is 9.50 Å². The van der Waals surface area contributed by atoms with Crippen LogP contribution >= 0.6 is 11.6 Å². The van der Waals surface area contributed by atoms with Gasteiger partial charge in [-0.1, -0.05) is 35.9 Å². The topological polar surface area (TPSA) is 33.4 Å². The van der Waals surface area contributed by atoms with Gasteiger partial charge in [0.25, 0.3) is 0 Å². The van der Waals surface area contributed by atoms with Crippen molar-refractivity contribution < 1.29 is 13.9 Å². The summed E-state index contributed by atoms with van der Waals surface area (Å²) in [6, 6.07) is 13.5. The zero-order valence-corrected chi connectivity index (χ0v) is 11.3. The maximum absolute atomic E-state index is 13.0. The van der Waals surface area contributed by atoms with E-state index in [0.717, 1.165) is 11.0 Å². The minimum atomic E-state index is -0.814. The maximum atomic E-state index is 13.0. The number of rotatable bonds is 3. The van der Waals surface area contributed by atoms with Gasteiger partial charge in [0.15, 0.2) is 0 Å². The third kappa shape index (κ3) is 2.55. The van der Waals surface area contributed by atoms with Crippen LogP contribution in [0.4, 0.5) is 4.39 Å². The van der Waals surface area contributed by atoms with Crippen LogP contribution in [-0.2, 0) is 6.42 Å². The van der Waals surface area contributed by atoms with Crippen LogP contribution in [-0.4, -0.2) is 5.11 Å². The molecule has 0 amide bonds. The normalized spacial score (nSPS) is 12.8. The molecule has 0 aliphatic heterocycles. The van der Waals surface area contributed by atoms with Crippen molar-refractivity contribution in [1.82, 2.24) is 0 Å². The van der Waals surface area contributed by atoms with E-state index in [1.54, 1.807) is 12.1 Å². The van der Waals surface area contributed by atoms with Crippen LogP contribution in [0.3, 0.4) is 0 Å². The van der Waals surface area contributed by atoms with E-state index in [2.05, 4.69) is 0 Å². The molecule has 2 nitrogen and oxygen atoms in total. The molecule has 1 aromatic heterocycles. The first-order chi connectivity index (χ1) is 9.63. The van der Waals surface area contributed by atoms with Crippen molar-refractivity contribution in [1.29, 1.82) is 0 Å². The first kappa shape index (κ1) is 13.2.